The zero-order valence-corrected chi connectivity index (χ0v) is 14.8. The van der Waals surface area contributed by atoms with Gasteiger partial charge in [0.2, 0.25) is 0 Å². The lowest BCUT2D eigenvalue weighted by Gasteiger charge is -2.26. The van der Waals surface area contributed by atoms with E-state index in [-0.39, 0.29) is 18.2 Å². The van der Waals surface area contributed by atoms with Gasteiger partial charge in [0, 0.05) is 18.3 Å². The summed E-state index contributed by atoms with van der Waals surface area (Å²) in [6.45, 7) is 4.43. The monoisotopic (exact) mass is 342 g/mol. The Kier molecular flexibility index (Phi) is 5.38. The number of aryl methyl sites for hydroxylation is 2. The molecule has 1 saturated carbocycles. The molecule has 0 saturated heterocycles. The van der Waals surface area contributed by atoms with Gasteiger partial charge >= 0.3 is 6.03 Å². The molecule has 6 heteroatoms. The van der Waals surface area contributed by atoms with Crippen molar-refractivity contribution in [3.8, 4) is 5.69 Å². The van der Waals surface area contributed by atoms with E-state index in [9.17, 15) is 9.90 Å². The minimum Gasteiger partial charge on any atom is -0.393 e. The summed E-state index contributed by atoms with van der Waals surface area (Å²) in [5, 5.41) is 20.0. The van der Waals surface area contributed by atoms with E-state index in [1.54, 1.807) is 0 Å². The summed E-state index contributed by atoms with van der Waals surface area (Å²) in [6, 6.07) is 9.98. The zero-order chi connectivity index (χ0) is 17.8. The molecule has 3 N–H and O–H groups in total. The summed E-state index contributed by atoms with van der Waals surface area (Å²) >= 11 is 0. The molecule has 1 aliphatic carbocycles. The molecule has 1 aromatic heterocycles. The predicted octanol–water partition coefficient (Wildman–Crippen LogP) is 2.59. The van der Waals surface area contributed by atoms with Crippen molar-refractivity contribution >= 4 is 6.03 Å². The van der Waals surface area contributed by atoms with Crippen LogP contribution < -0.4 is 10.6 Å². The summed E-state index contributed by atoms with van der Waals surface area (Å²) in [5.41, 5.74) is 4.03. The van der Waals surface area contributed by atoms with Crippen molar-refractivity contribution in [3.05, 3.63) is 47.3 Å². The SMILES string of the molecule is Cc1cc(C)n(-c2ccccc2CNC(=O)NC2CCC(O)CC2)n1. The van der Waals surface area contributed by atoms with Crippen LogP contribution >= 0.6 is 0 Å². The molecule has 6 nitrogen and oxygen atoms in total. The van der Waals surface area contributed by atoms with Gasteiger partial charge < -0.3 is 15.7 Å². The van der Waals surface area contributed by atoms with Gasteiger partial charge in [-0.25, -0.2) is 9.48 Å². The number of rotatable bonds is 4. The number of carbonyl (C=O) groups excluding carboxylic acids is 1. The van der Waals surface area contributed by atoms with Gasteiger partial charge in [-0.2, -0.15) is 5.10 Å². The number of nitrogens with one attached hydrogen (secondary N) is 2. The molecule has 3 rings (SSSR count). The second-order valence-corrected chi connectivity index (χ2v) is 6.80. The van der Waals surface area contributed by atoms with E-state index in [4.69, 9.17) is 0 Å². The number of aromatic nitrogens is 2. The van der Waals surface area contributed by atoms with Gasteiger partial charge in [-0.1, -0.05) is 18.2 Å². The average molecular weight is 342 g/mol. The Bertz CT molecular complexity index is 733. The van der Waals surface area contributed by atoms with E-state index in [2.05, 4.69) is 15.7 Å². The summed E-state index contributed by atoms with van der Waals surface area (Å²) in [4.78, 5) is 12.2. The minimum atomic E-state index is -0.214. The standard InChI is InChI=1S/C19H26N4O2/c1-13-11-14(2)23(22-13)18-6-4-3-5-15(18)12-20-19(25)21-16-7-9-17(24)10-8-16/h3-6,11,16-17,24H,7-10,12H2,1-2H3,(H2,20,21,25). The van der Waals surface area contributed by atoms with E-state index >= 15 is 0 Å². The highest BCUT2D eigenvalue weighted by molar-refractivity contribution is 5.74. The molecule has 25 heavy (non-hydrogen) atoms. The molecule has 0 aliphatic heterocycles. The number of aliphatic hydroxyl groups is 1. The van der Waals surface area contributed by atoms with Crippen molar-refractivity contribution in [1.82, 2.24) is 20.4 Å². The maximum Gasteiger partial charge on any atom is 0.315 e. The first-order chi connectivity index (χ1) is 12.0. The van der Waals surface area contributed by atoms with Crippen molar-refractivity contribution in [2.24, 2.45) is 0 Å². The molecule has 2 amide bonds. The van der Waals surface area contributed by atoms with E-state index in [0.29, 0.717) is 6.54 Å². The number of hydrogen-bond acceptors (Lipinski definition) is 3. The maximum absolute atomic E-state index is 12.2. The fourth-order valence-electron chi connectivity index (χ4n) is 3.37. The fourth-order valence-corrected chi connectivity index (χ4v) is 3.37. The lowest BCUT2D eigenvalue weighted by molar-refractivity contribution is 0.117. The molecular formula is C19H26N4O2. The van der Waals surface area contributed by atoms with Crippen LogP contribution in [0.3, 0.4) is 0 Å². The van der Waals surface area contributed by atoms with Crippen LogP contribution in [-0.4, -0.2) is 33.1 Å². The molecule has 0 unspecified atom stereocenters. The Labute approximate surface area is 148 Å². The molecule has 134 valence electrons. The van der Waals surface area contributed by atoms with Crippen LogP contribution in [0.1, 0.15) is 42.6 Å². The van der Waals surface area contributed by atoms with Crippen LogP contribution in [0.4, 0.5) is 4.79 Å². The van der Waals surface area contributed by atoms with Crippen LogP contribution in [-0.2, 0) is 6.54 Å². The third kappa shape index (κ3) is 4.39. The normalized spacial score (nSPS) is 20.3. The van der Waals surface area contributed by atoms with Gasteiger partial charge in [0.25, 0.3) is 0 Å². The highest BCUT2D eigenvalue weighted by Crippen LogP contribution is 2.19. The van der Waals surface area contributed by atoms with E-state index in [1.165, 1.54) is 0 Å². The third-order valence-corrected chi connectivity index (χ3v) is 4.70. The summed E-state index contributed by atoms with van der Waals surface area (Å²) in [6.07, 6.45) is 2.96. The van der Waals surface area contributed by atoms with Crippen molar-refractivity contribution < 1.29 is 9.90 Å². The summed E-state index contributed by atoms with van der Waals surface area (Å²) < 4.78 is 1.91. The number of urea groups is 1. The first-order valence-corrected chi connectivity index (χ1v) is 8.87. The van der Waals surface area contributed by atoms with Crippen LogP contribution in [0.15, 0.2) is 30.3 Å². The van der Waals surface area contributed by atoms with Crippen molar-refractivity contribution in [1.29, 1.82) is 0 Å². The van der Waals surface area contributed by atoms with Crippen LogP contribution in [0.2, 0.25) is 0 Å². The van der Waals surface area contributed by atoms with E-state index in [0.717, 1.165) is 48.3 Å². The molecule has 1 aliphatic rings. The maximum atomic E-state index is 12.2. The lowest BCUT2D eigenvalue weighted by Crippen LogP contribution is -2.44. The van der Waals surface area contributed by atoms with Gasteiger partial charge in [-0.15, -0.1) is 0 Å². The smallest absolute Gasteiger partial charge is 0.315 e. The number of aliphatic hydroxyl groups excluding tert-OH is 1. The Hall–Kier alpha value is -2.34. The number of benzene rings is 1. The average Bonchev–Trinajstić information content (AvgIpc) is 2.93. The topological polar surface area (TPSA) is 79.2 Å². The van der Waals surface area contributed by atoms with Crippen molar-refractivity contribution in [2.75, 3.05) is 0 Å². The van der Waals surface area contributed by atoms with Gasteiger partial charge in [-0.05, 0) is 57.2 Å². The summed E-state index contributed by atoms with van der Waals surface area (Å²) in [7, 11) is 0. The zero-order valence-electron chi connectivity index (χ0n) is 14.8. The molecule has 2 aromatic rings. The quantitative estimate of drug-likeness (QED) is 0.799. The molecule has 1 aromatic carbocycles. The van der Waals surface area contributed by atoms with Gasteiger partial charge in [-0.3, -0.25) is 0 Å². The van der Waals surface area contributed by atoms with Gasteiger partial charge in [0.05, 0.1) is 17.5 Å². The van der Waals surface area contributed by atoms with Gasteiger partial charge in [0.1, 0.15) is 0 Å². The van der Waals surface area contributed by atoms with Crippen molar-refractivity contribution in [3.63, 3.8) is 0 Å². The Morgan fingerprint density at radius 3 is 2.64 bits per heavy atom. The number of carbonyl (C=O) groups is 1. The second kappa shape index (κ2) is 7.70. The van der Waals surface area contributed by atoms with Gasteiger partial charge in [0.15, 0.2) is 0 Å². The Morgan fingerprint density at radius 1 is 1.24 bits per heavy atom. The Morgan fingerprint density at radius 2 is 1.96 bits per heavy atom. The number of amides is 2. The number of para-hydroxylation sites is 1. The lowest BCUT2D eigenvalue weighted by atomic mass is 9.93. The molecule has 1 heterocycles. The first kappa shape index (κ1) is 17.5. The molecule has 1 fully saturated rings. The second-order valence-electron chi connectivity index (χ2n) is 6.80. The third-order valence-electron chi connectivity index (χ3n) is 4.70. The number of hydrogen-bond donors (Lipinski definition) is 3. The Balaban J connectivity index is 1.62. The largest absolute Gasteiger partial charge is 0.393 e. The molecule has 0 atom stereocenters. The number of nitrogens with zero attached hydrogens (tertiary/aromatic N) is 2. The molecule has 0 bridgehead atoms. The highest BCUT2D eigenvalue weighted by Gasteiger charge is 2.20. The van der Waals surface area contributed by atoms with Crippen LogP contribution in [0, 0.1) is 13.8 Å². The minimum absolute atomic E-state index is 0.148. The molecule has 0 radical (unpaired) electrons. The predicted molar refractivity (Wildman–Crippen MR) is 96.7 cm³/mol. The molecule has 0 spiro atoms. The van der Waals surface area contributed by atoms with Crippen LogP contribution in [0.25, 0.3) is 5.69 Å². The van der Waals surface area contributed by atoms with E-state index in [1.807, 2.05) is 48.9 Å². The highest BCUT2D eigenvalue weighted by atomic mass is 16.3. The first-order valence-electron chi connectivity index (χ1n) is 8.87. The fraction of sp³-hybridized carbons (Fsp3) is 0.474. The van der Waals surface area contributed by atoms with Crippen LogP contribution in [0.5, 0.6) is 0 Å². The van der Waals surface area contributed by atoms with E-state index < -0.39 is 0 Å². The van der Waals surface area contributed by atoms with Crippen molar-refractivity contribution in [2.45, 2.75) is 58.2 Å². The summed E-state index contributed by atoms with van der Waals surface area (Å²) in [5.74, 6) is 0. The molecular weight excluding hydrogens is 316 g/mol.